The first-order chi connectivity index (χ1) is 10.6. The van der Waals surface area contributed by atoms with Gasteiger partial charge in [-0.3, -0.25) is 9.59 Å². The maximum absolute atomic E-state index is 12.2. The largest absolute Gasteiger partial charge is 0.360 e. The minimum absolute atomic E-state index is 0.104. The number of likely N-dealkylation sites (tertiary alicyclic amines) is 1. The van der Waals surface area contributed by atoms with Crippen LogP contribution in [-0.4, -0.2) is 59.6 Å². The number of likely N-dealkylation sites (N-methyl/N-ethyl adjacent to an activating group) is 1. The van der Waals surface area contributed by atoms with Gasteiger partial charge in [0.2, 0.25) is 11.8 Å². The fraction of sp³-hybridized carbons (Fsp3) is 0.643. The van der Waals surface area contributed by atoms with Gasteiger partial charge in [-0.1, -0.05) is 5.16 Å². The third kappa shape index (κ3) is 4.74. The zero-order chi connectivity index (χ0) is 15.9. The van der Waals surface area contributed by atoms with Gasteiger partial charge in [0.05, 0.1) is 11.5 Å². The summed E-state index contributed by atoms with van der Waals surface area (Å²) in [6.07, 6.45) is 2.10. The second-order valence-corrected chi connectivity index (χ2v) is 6.29. The van der Waals surface area contributed by atoms with E-state index in [0.29, 0.717) is 17.3 Å². The molecule has 1 aliphatic rings. The van der Waals surface area contributed by atoms with E-state index in [2.05, 4.69) is 15.8 Å². The number of thioether (sulfide) groups is 1. The molecule has 1 saturated heterocycles. The Morgan fingerprint density at radius 1 is 1.50 bits per heavy atom. The van der Waals surface area contributed by atoms with Crippen molar-refractivity contribution in [3.05, 3.63) is 11.8 Å². The average molecular weight is 326 g/mol. The molecule has 1 aliphatic heterocycles. The third-order valence-electron chi connectivity index (χ3n) is 3.49. The molecule has 2 heterocycles. The molecule has 1 atom stereocenters. The Hall–Kier alpha value is -1.54. The number of anilines is 1. The van der Waals surface area contributed by atoms with Gasteiger partial charge in [-0.05, 0) is 26.8 Å². The Bertz CT molecular complexity index is 520. The van der Waals surface area contributed by atoms with Gasteiger partial charge in [0.15, 0.2) is 5.82 Å². The van der Waals surface area contributed by atoms with Crippen LogP contribution >= 0.6 is 11.8 Å². The minimum atomic E-state index is -0.181. The van der Waals surface area contributed by atoms with E-state index in [0.717, 1.165) is 25.9 Å². The monoisotopic (exact) mass is 326 g/mol. The molecular weight excluding hydrogens is 304 g/mol. The van der Waals surface area contributed by atoms with Crippen molar-refractivity contribution in [1.82, 2.24) is 15.4 Å². The molecule has 2 rings (SSSR count). The maximum Gasteiger partial charge on any atom is 0.235 e. The van der Waals surface area contributed by atoms with Crippen LogP contribution in [0.1, 0.15) is 18.6 Å². The van der Waals surface area contributed by atoms with E-state index in [1.807, 2.05) is 11.9 Å². The summed E-state index contributed by atoms with van der Waals surface area (Å²) in [6.45, 7) is 3.40. The van der Waals surface area contributed by atoms with Crippen molar-refractivity contribution in [3.63, 3.8) is 0 Å². The number of carbonyl (C=O) groups is 2. The predicted octanol–water partition coefficient (Wildman–Crippen LogP) is 0.865. The highest BCUT2D eigenvalue weighted by molar-refractivity contribution is 8.00. The number of hydrogen-bond donors (Lipinski definition) is 2. The summed E-state index contributed by atoms with van der Waals surface area (Å²) in [4.78, 5) is 25.9. The van der Waals surface area contributed by atoms with Crippen molar-refractivity contribution in [2.75, 3.05) is 37.0 Å². The van der Waals surface area contributed by atoms with Gasteiger partial charge in [0.1, 0.15) is 5.76 Å². The molecule has 22 heavy (non-hydrogen) atoms. The second-order valence-electron chi connectivity index (χ2n) is 5.30. The molecule has 0 spiro atoms. The lowest BCUT2D eigenvalue weighted by atomic mass is 10.2. The molecule has 1 fully saturated rings. The molecule has 0 bridgehead atoms. The molecular formula is C14H22N4O3S. The first kappa shape index (κ1) is 16.8. The number of carbonyl (C=O) groups excluding carboxylic acids is 2. The highest BCUT2D eigenvalue weighted by Crippen LogP contribution is 2.18. The third-order valence-corrected chi connectivity index (χ3v) is 4.41. The molecule has 0 saturated carbocycles. The van der Waals surface area contributed by atoms with Crippen molar-refractivity contribution >= 4 is 29.4 Å². The van der Waals surface area contributed by atoms with Crippen molar-refractivity contribution in [2.24, 2.45) is 0 Å². The van der Waals surface area contributed by atoms with Crippen molar-refractivity contribution < 1.29 is 14.1 Å². The average Bonchev–Trinajstić information content (AvgIpc) is 3.08. The molecule has 1 aromatic rings. The summed E-state index contributed by atoms with van der Waals surface area (Å²) >= 11 is 1.32. The summed E-state index contributed by atoms with van der Waals surface area (Å²) in [7, 11) is 1.89. The smallest absolute Gasteiger partial charge is 0.235 e. The Labute approximate surface area is 134 Å². The molecule has 122 valence electrons. The maximum atomic E-state index is 12.2. The number of nitrogens with zero attached hydrogens (tertiary/aromatic N) is 2. The molecule has 2 N–H and O–H groups in total. The molecule has 7 nitrogen and oxygen atoms in total. The summed E-state index contributed by atoms with van der Waals surface area (Å²) in [5.74, 6) is 1.52. The normalized spacial score (nSPS) is 17.7. The van der Waals surface area contributed by atoms with E-state index in [-0.39, 0.29) is 23.6 Å². The Kier molecular flexibility index (Phi) is 6.26. The topological polar surface area (TPSA) is 87.5 Å². The summed E-state index contributed by atoms with van der Waals surface area (Å²) in [5.41, 5.74) is 0. The number of hydrogen-bond acceptors (Lipinski definition) is 6. The van der Waals surface area contributed by atoms with Crippen LogP contribution in [0.3, 0.4) is 0 Å². The van der Waals surface area contributed by atoms with Gasteiger partial charge in [-0.25, -0.2) is 0 Å². The van der Waals surface area contributed by atoms with Gasteiger partial charge >= 0.3 is 0 Å². The van der Waals surface area contributed by atoms with Gasteiger partial charge in [-0.15, -0.1) is 11.8 Å². The molecule has 0 radical (unpaired) electrons. The summed E-state index contributed by atoms with van der Waals surface area (Å²) in [5, 5.41) is 9.45. The van der Waals surface area contributed by atoms with Crippen molar-refractivity contribution in [3.8, 4) is 0 Å². The molecule has 0 aliphatic carbocycles. The van der Waals surface area contributed by atoms with Crippen LogP contribution < -0.4 is 10.6 Å². The molecule has 8 heteroatoms. The number of aryl methyl sites for hydroxylation is 1. The van der Waals surface area contributed by atoms with Gasteiger partial charge in [0.25, 0.3) is 0 Å². The van der Waals surface area contributed by atoms with Gasteiger partial charge < -0.3 is 20.1 Å². The highest BCUT2D eigenvalue weighted by Gasteiger charge is 2.27. The van der Waals surface area contributed by atoms with E-state index in [4.69, 9.17) is 4.52 Å². The van der Waals surface area contributed by atoms with E-state index in [1.54, 1.807) is 13.0 Å². The van der Waals surface area contributed by atoms with E-state index < -0.39 is 0 Å². The molecule has 1 unspecified atom stereocenters. The quantitative estimate of drug-likeness (QED) is 0.773. The predicted molar refractivity (Wildman–Crippen MR) is 85.9 cm³/mol. The lowest BCUT2D eigenvalue weighted by Crippen LogP contribution is -2.41. The highest BCUT2D eigenvalue weighted by atomic mass is 32.2. The summed E-state index contributed by atoms with van der Waals surface area (Å²) in [6, 6.07) is 1.94. The van der Waals surface area contributed by atoms with Gasteiger partial charge in [0, 0.05) is 25.2 Å². The number of aromatic nitrogens is 1. The lowest BCUT2D eigenvalue weighted by molar-refractivity contribution is -0.129. The van der Waals surface area contributed by atoms with Crippen molar-refractivity contribution in [1.29, 1.82) is 0 Å². The van der Waals surface area contributed by atoms with E-state index in [1.165, 1.54) is 11.8 Å². The fourth-order valence-electron chi connectivity index (χ4n) is 2.53. The first-order valence-electron chi connectivity index (χ1n) is 7.35. The van der Waals surface area contributed by atoms with Crippen molar-refractivity contribution in [2.45, 2.75) is 25.8 Å². The standard InChI is InChI=1S/C14H22N4O3S/c1-10-6-12(17-21-10)16-13(19)8-22-9-14(20)18-5-3-4-11(18)7-15-2/h6,11,15H,3-5,7-9H2,1-2H3,(H,16,17,19). The number of nitrogens with one attached hydrogen (secondary N) is 2. The molecule has 0 aromatic carbocycles. The Morgan fingerprint density at radius 3 is 3.00 bits per heavy atom. The zero-order valence-corrected chi connectivity index (χ0v) is 13.7. The molecule has 2 amide bonds. The molecule has 1 aromatic heterocycles. The van der Waals surface area contributed by atoms with Crippen LogP contribution in [0.25, 0.3) is 0 Å². The van der Waals surface area contributed by atoms with Crippen LogP contribution in [0.5, 0.6) is 0 Å². The van der Waals surface area contributed by atoms with Crippen LogP contribution in [0, 0.1) is 6.92 Å². The number of amides is 2. The Morgan fingerprint density at radius 2 is 2.32 bits per heavy atom. The van der Waals surface area contributed by atoms with E-state index >= 15 is 0 Å². The lowest BCUT2D eigenvalue weighted by Gasteiger charge is -2.24. The number of rotatable bonds is 7. The van der Waals surface area contributed by atoms with Gasteiger partial charge in [-0.2, -0.15) is 0 Å². The fourth-order valence-corrected chi connectivity index (χ4v) is 3.23. The van der Waals surface area contributed by atoms with Crippen LogP contribution in [0.15, 0.2) is 10.6 Å². The van der Waals surface area contributed by atoms with E-state index in [9.17, 15) is 9.59 Å². The van der Waals surface area contributed by atoms with Crippen LogP contribution in [-0.2, 0) is 9.59 Å². The minimum Gasteiger partial charge on any atom is -0.360 e. The second kappa shape index (κ2) is 8.19. The first-order valence-corrected chi connectivity index (χ1v) is 8.50. The Balaban J connectivity index is 1.69. The summed E-state index contributed by atoms with van der Waals surface area (Å²) < 4.78 is 4.87. The SMILES string of the molecule is CNCC1CCCN1C(=O)CSCC(=O)Nc1cc(C)on1. The van der Waals surface area contributed by atoms with Crippen LogP contribution in [0.4, 0.5) is 5.82 Å². The zero-order valence-electron chi connectivity index (χ0n) is 12.9. The van der Waals surface area contributed by atoms with Crippen LogP contribution in [0.2, 0.25) is 0 Å².